The molecule has 0 aromatic heterocycles. The van der Waals surface area contributed by atoms with Crippen LogP contribution in [-0.4, -0.2) is 12.4 Å². The Balaban J connectivity index is 2.01. The van der Waals surface area contributed by atoms with E-state index in [2.05, 4.69) is 15.9 Å². The first-order valence-electron chi connectivity index (χ1n) is 5.43. The van der Waals surface area contributed by atoms with Crippen LogP contribution in [0.25, 0.3) is 0 Å². The van der Waals surface area contributed by atoms with Crippen LogP contribution < -0.4 is 10.5 Å². The molecule has 2 rings (SSSR count). The lowest BCUT2D eigenvalue weighted by atomic mass is 10.1. The summed E-state index contributed by atoms with van der Waals surface area (Å²) in [5.41, 5.74) is 6.87. The number of Topliss-reactive ketones (excluding diaryl/α,β-unsaturated/α-hetero) is 1. The Kier molecular flexibility index (Phi) is 3.99. The average molecular weight is 306 g/mol. The molecule has 0 spiro atoms. The summed E-state index contributed by atoms with van der Waals surface area (Å²) in [6.45, 7) is -0.0180. The van der Waals surface area contributed by atoms with Gasteiger partial charge in [-0.25, -0.2) is 0 Å². The third-order valence-electron chi connectivity index (χ3n) is 2.44. The Hall–Kier alpha value is -1.81. The number of benzene rings is 2. The van der Waals surface area contributed by atoms with Gasteiger partial charge >= 0.3 is 0 Å². The van der Waals surface area contributed by atoms with Gasteiger partial charge in [-0.1, -0.05) is 40.2 Å². The summed E-state index contributed by atoms with van der Waals surface area (Å²) < 4.78 is 6.33. The van der Waals surface area contributed by atoms with Crippen molar-refractivity contribution in [3.63, 3.8) is 0 Å². The molecule has 92 valence electrons. The fourth-order valence-corrected chi connectivity index (χ4v) is 1.74. The summed E-state index contributed by atoms with van der Waals surface area (Å²) in [5.74, 6) is 0.453. The van der Waals surface area contributed by atoms with Crippen LogP contribution in [0.2, 0.25) is 0 Å². The standard InChI is InChI=1S/C14H12BrNO2/c15-11-7-5-10(6-8-11)13(17)9-18-14-4-2-1-3-12(14)16/h1-8H,9,16H2. The van der Waals surface area contributed by atoms with Crippen molar-refractivity contribution in [2.24, 2.45) is 0 Å². The number of carbonyl (C=O) groups excluding carboxylic acids is 1. The van der Waals surface area contributed by atoms with Crippen LogP contribution in [0.15, 0.2) is 53.0 Å². The van der Waals surface area contributed by atoms with Gasteiger partial charge in [0.1, 0.15) is 5.75 Å². The van der Waals surface area contributed by atoms with Crippen LogP contribution in [0.4, 0.5) is 5.69 Å². The van der Waals surface area contributed by atoms with Crippen molar-refractivity contribution in [3.8, 4) is 5.75 Å². The van der Waals surface area contributed by atoms with Crippen LogP contribution in [0.3, 0.4) is 0 Å². The first-order chi connectivity index (χ1) is 8.66. The maximum atomic E-state index is 11.9. The number of anilines is 1. The van der Waals surface area contributed by atoms with Gasteiger partial charge in [0.2, 0.25) is 0 Å². The van der Waals surface area contributed by atoms with E-state index in [9.17, 15) is 4.79 Å². The van der Waals surface area contributed by atoms with Gasteiger partial charge in [0.25, 0.3) is 0 Å². The lowest BCUT2D eigenvalue weighted by Gasteiger charge is -2.07. The Morgan fingerprint density at radius 3 is 2.44 bits per heavy atom. The molecule has 0 heterocycles. The molecule has 0 saturated heterocycles. The molecule has 0 atom stereocenters. The molecule has 0 aliphatic rings. The molecule has 0 saturated carbocycles. The van der Waals surface area contributed by atoms with Gasteiger partial charge in [0.05, 0.1) is 5.69 Å². The first-order valence-corrected chi connectivity index (χ1v) is 6.22. The molecule has 2 aromatic rings. The van der Waals surface area contributed by atoms with E-state index < -0.39 is 0 Å². The normalized spacial score (nSPS) is 10.1. The monoisotopic (exact) mass is 305 g/mol. The Bertz CT molecular complexity index is 552. The molecule has 0 radical (unpaired) electrons. The van der Waals surface area contributed by atoms with Crippen LogP contribution in [0, 0.1) is 0 Å². The topological polar surface area (TPSA) is 52.3 Å². The van der Waals surface area contributed by atoms with Gasteiger partial charge in [0.15, 0.2) is 12.4 Å². The number of ketones is 1. The SMILES string of the molecule is Nc1ccccc1OCC(=O)c1ccc(Br)cc1. The zero-order valence-corrected chi connectivity index (χ0v) is 11.2. The summed E-state index contributed by atoms with van der Waals surface area (Å²) in [7, 11) is 0. The minimum atomic E-state index is -0.0780. The van der Waals surface area contributed by atoms with Gasteiger partial charge in [-0.2, -0.15) is 0 Å². The average Bonchev–Trinajstić information content (AvgIpc) is 2.38. The van der Waals surface area contributed by atoms with Gasteiger partial charge in [-0.05, 0) is 24.3 Å². The van der Waals surface area contributed by atoms with Gasteiger partial charge in [0, 0.05) is 10.0 Å². The molecule has 18 heavy (non-hydrogen) atoms. The number of hydrogen-bond acceptors (Lipinski definition) is 3. The summed E-state index contributed by atoms with van der Waals surface area (Å²) in [6.07, 6.45) is 0. The maximum Gasteiger partial charge on any atom is 0.200 e. The lowest BCUT2D eigenvalue weighted by Crippen LogP contribution is -2.12. The van der Waals surface area contributed by atoms with Gasteiger partial charge in [-0.15, -0.1) is 0 Å². The summed E-state index contributed by atoms with van der Waals surface area (Å²) >= 11 is 3.32. The summed E-state index contributed by atoms with van der Waals surface area (Å²) in [6, 6.07) is 14.3. The fraction of sp³-hybridized carbons (Fsp3) is 0.0714. The summed E-state index contributed by atoms with van der Waals surface area (Å²) in [5, 5.41) is 0. The van der Waals surface area contributed by atoms with Crippen molar-refractivity contribution in [2.45, 2.75) is 0 Å². The molecule has 2 aromatic carbocycles. The Labute approximate surface area is 114 Å². The van der Waals surface area contributed by atoms with Gasteiger partial charge in [-0.3, -0.25) is 4.79 Å². The highest BCUT2D eigenvalue weighted by Crippen LogP contribution is 2.20. The second kappa shape index (κ2) is 5.69. The number of nitrogen functional groups attached to an aromatic ring is 1. The number of carbonyl (C=O) groups is 1. The molecular formula is C14H12BrNO2. The third-order valence-corrected chi connectivity index (χ3v) is 2.97. The molecular weight excluding hydrogens is 294 g/mol. The number of halogens is 1. The Morgan fingerprint density at radius 2 is 1.78 bits per heavy atom. The van der Waals surface area contributed by atoms with E-state index in [4.69, 9.17) is 10.5 Å². The van der Waals surface area contributed by atoms with E-state index >= 15 is 0 Å². The van der Waals surface area contributed by atoms with Crippen molar-refractivity contribution in [3.05, 3.63) is 58.6 Å². The maximum absolute atomic E-state index is 11.9. The van der Waals surface area contributed by atoms with E-state index in [1.165, 1.54) is 0 Å². The number of para-hydroxylation sites is 2. The summed E-state index contributed by atoms with van der Waals surface area (Å²) in [4.78, 5) is 11.9. The molecule has 0 amide bonds. The second-order valence-corrected chi connectivity index (χ2v) is 4.67. The van der Waals surface area contributed by atoms with Crippen LogP contribution >= 0.6 is 15.9 Å². The molecule has 4 heteroatoms. The highest BCUT2D eigenvalue weighted by molar-refractivity contribution is 9.10. The molecule has 0 fully saturated rings. The van der Waals surface area contributed by atoms with E-state index in [0.717, 1.165) is 4.47 Å². The number of rotatable bonds is 4. The zero-order chi connectivity index (χ0) is 13.0. The second-order valence-electron chi connectivity index (χ2n) is 3.76. The quantitative estimate of drug-likeness (QED) is 0.696. The minimum Gasteiger partial charge on any atom is -0.483 e. The van der Waals surface area contributed by atoms with Crippen molar-refractivity contribution >= 4 is 27.4 Å². The largest absolute Gasteiger partial charge is 0.483 e. The molecule has 3 nitrogen and oxygen atoms in total. The van der Waals surface area contributed by atoms with Crippen molar-refractivity contribution in [1.29, 1.82) is 0 Å². The van der Waals surface area contributed by atoms with E-state index in [0.29, 0.717) is 17.0 Å². The zero-order valence-electron chi connectivity index (χ0n) is 9.60. The van der Waals surface area contributed by atoms with E-state index in [-0.39, 0.29) is 12.4 Å². The highest BCUT2D eigenvalue weighted by Gasteiger charge is 2.07. The molecule has 0 unspecified atom stereocenters. The van der Waals surface area contributed by atoms with Crippen molar-refractivity contribution in [1.82, 2.24) is 0 Å². The highest BCUT2D eigenvalue weighted by atomic mass is 79.9. The third kappa shape index (κ3) is 3.11. The minimum absolute atomic E-state index is 0.0180. The van der Waals surface area contributed by atoms with Crippen molar-refractivity contribution < 1.29 is 9.53 Å². The van der Waals surface area contributed by atoms with Crippen molar-refractivity contribution in [2.75, 3.05) is 12.3 Å². The number of nitrogens with two attached hydrogens (primary N) is 1. The first kappa shape index (κ1) is 12.6. The lowest BCUT2D eigenvalue weighted by molar-refractivity contribution is 0.0922. The van der Waals surface area contributed by atoms with E-state index in [1.54, 1.807) is 24.3 Å². The predicted molar refractivity (Wildman–Crippen MR) is 74.8 cm³/mol. The molecule has 0 bridgehead atoms. The molecule has 0 aliphatic carbocycles. The van der Waals surface area contributed by atoms with Crippen LogP contribution in [-0.2, 0) is 0 Å². The smallest absolute Gasteiger partial charge is 0.200 e. The van der Waals surface area contributed by atoms with E-state index in [1.807, 2.05) is 24.3 Å². The fourth-order valence-electron chi connectivity index (χ4n) is 1.47. The number of ether oxygens (including phenoxy) is 1. The predicted octanol–water partition coefficient (Wildman–Crippen LogP) is 3.29. The van der Waals surface area contributed by atoms with Crippen LogP contribution in [0.5, 0.6) is 5.75 Å². The molecule has 0 aliphatic heterocycles. The Morgan fingerprint density at radius 1 is 1.11 bits per heavy atom. The molecule has 2 N–H and O–H groups in total. The van der Waals surface area contributed by atoms with Gasteiger partial charge < -0.3 is 10.5 Å². The van der Waals surface area contributed by atoms with Crippen LogP contribution in [0.1, 0.15) is 10.4 Å². The number of hydrogen-bond donors (Lipinski definition) is 1.